The highest BCUT2D eigenvalue weighted by Gasteiger charge is 2.23. The van der Waals surface area contributed by atoms with Crippen LogP contribution in [-0.2, 0) is 25.6 Å². The number of nitrogens with one attached hydrogen (secondary N) is 3. The predicted octanol–water partition coefficient (Wildman–Crippen LogP) is 3.16. The number of aliphatic imine (C=N–C) groups is 1. The van der Waals surface area contributed by atoms with Crippen LogP contribution in [-0.4, -0.2) is 59.1 Å². The molecule has 0 aliphatic rings. The van der Waals surface area contributed by atoms with Gasteiger partial charge in [0.1, 0.15) is 23.9 Å². The second-order valence-corrected chi connectivity index (χ2v) is 9.38. The lowest BCUT2D eigenvalue weighted by molar-refractivity contribution is -0.139. The Hall–Kier alpha value is -3.83. The van der Waals surface area contributed by atoms with Crippen LogP contribution in [0.5, 0.6) is 0 Å². The maximum atomic E-state index is 12.1. The number of aliphatic carboxylic acids is 1. The maximum absolute atomic E-state index is 12.1. The summed E-state index contributed by atoms with van der Waals surface area (Å²) in [7, 11) is 0. The highest BCUT2D eigenvalue weighted by atomic mass is 16.6. The summed E-state index contributed by atoms with van der Waals surface area (Å²) in [5, 5.41) is 16.6. The first-order valence-corrected chi connectivity index (χ1v) is 10.9. The first kappa shape index (κ1) is 29.2. The van der Waals surface area contributed by atoms with Crippen molar-refractivity contribution in [3.63, 3.8) is 0 Å². The standard InChI is InChI=1S/C23H34N4O8/c1-22(2,3)34-20(31)26-18(27-21(32)35-23(4,5)6)24-13-12-16(17(28)29)25-19(30)33-14-15-10-8-7-9-11-15/h7-11,16H,12-14H2,1-6H3,(H,25,30)(H,28,29)(H2,24,26,27,31,32)/t16-/m1/s1. The number of guanidine groups is 1. The lowest BCUT2D eigenvalue weighted by atomic mass is 10.2. The number of carboxylic acid groups (broad SMARTS) is 1. The van der Waals surface area contributed by atoms with Gasteiger partial charge in [-0.15, -0.1) is 4.99 Å². The minimum absolute atomic E-state index is 0.0240. The Bertz CT molecular complexity index is 904. The second kappa shape index (κ2) is 13.2. The molecule has 1 rings (SSSR count). The Morgan fingerprint density at radius 3 is 2.09 bits per heavy atom. The molecule has 0 unspecified atom stereocenters. The van der Waals surface area contributed by atoms with Gasteiger partial charge in [0.15, 0.2) is 0 Å². The molecule has 0 saturated heterocycles. The van der Waals surface area contributed by atoms with Gasteiger partial charge in [-0.3, -0.25) is 5.32 Å². The molecule has 0 radical (unpaired) electrons. The zero-order valence-electron chi connectivity index (χ0n) is 20.8. The molecule has 35 heavy (non-hydrogen) atoms. The van der Waals surface area contributed by atoms with Crippen LogP contribution >= 0.6 is 0 Å². The van der Waals surface area contributed by atoms with E-state index in [0.29, 0.717) is 0 Å². The number of carboxylic acids is 1. The van der Waals surface area contributed by atoms with E-state index in [4.69, 9.17) is 14.2 Å². The van der Waals surface area contributed by atoms with Crippen molar-refractivity contribution < 1.29 is 38.5 Å². The normalized spacial score (nSPS) is 12.7. The molecule has 194 valence electrons. The van der Waals surface area contributed by atoms with Crippen molar-refractivity contribution in [2.45, 2.75) is 71.8 Å². The summed E-state index contributed by atoms with van der Waals surface area (Å²) in [6, 6.07) is 7.59. The molecular formula is C23H34N4O8. The minimum Gasteiger partial charge on any atom is -0.480 e. The molecule has 0 saturated carbocycles. The number of nitrogens with zero attached hydrogens (tertiary/aromatic N) is 1. The van der Waals surface area contributed by atoms with E-state index >= 15 is 0 Å². The highest BCUT2D eigenvalue weighted by Crippen LogP contribution is 2.09. The van der Waals surface area contributed by atoms with Gasteiger partial charge in [0.05, 0.1) is 0 Å². The number of amides is 3. The molecule has 0 heterocycles. The van der Waals surface area contributed by atoms with Crippen LogP contribution in [0.4, 0.5) is 14.4 Å². The van der Waals surface area contributed by atoms with E-state index in [1.807, 2.05) is 6.07 Å². The monoisotopic (exact) mass is 494 g/mol. The number of alkyl carbamates (subject to hydrolysis) is 2. The van der Waals surface area contributed by atoms with E-state index < -0.39 is 41.5 Å². The lowest BCUT2D eigenvalue weighted by Gasteiger charge is -2.21. The van der Waals surface area contributed by atoms with Crippen molar-refractivity contribution >= 4 is 30.2 Å². The number of carbonyl (C=O) groups is 4. The zero-order chi connectivity index (χ0) is 26.6. The molecule has 1 atom stereocenters. The van der Waals surface area contributed by atoms with E-state index in [2.05, 4.69) is 20.9 Å². The number of carbonyl (C=O) groups excluding carboxylic acids is 3. The predicted molar refractivity (Wildman–Crippen MR) is 127 cm³/mol. The van der Waals surface area contributed by atoms with E-state index in [9.17, 15) is 24.3 Å². The van der Waals surface area contributed by atoms with Crippen molar-refractivity contribution in [2.75, 3.05) is 6.54 Å². The first-order chi connectivity index (χ1) is 16.1. The molecule has 12 nitrogen and oxygen atoms in total. The van der Waals surface area contributed by atoms with Gasteiger partial charge in [-0.2, -0.15) is 0 Å². The number of rotatable bonds is 7. The van der Waals surface area contributed by atoms with Crippen molar-refractivity contribution in [1.82, 2.24) is 16.0 Å². The van der Waals surface area contributed by atoms with Gasteiger partial charge in [-0.25, -0.2) is 19.2 Å². The summed E-state index contributed by atoms with van der Waals surface area (Å²) in [6.07, 6.45) is -2.90. The molecule has 4 N–H and O–H groups in total. The van der Waals surface area contributed by atoms with E-state index in [-0.39, 0.29) is 25.5 Å². The van der Waals surface area contributed by atoms with Crippen LogP contribution in [0, 0.1) is 0 Å². The average Bonchev–Trinajstić information content (AvgIpc) is 2.69. The van der Waals surface area contributed by atoms with Crippen molar-refractivity contribution in [1.29, 1.82) is 0 Å². The zero-order valence-corrected chi connectivity index (χ0v) is 20.8. The number of hydrogen-bond donors (Lipinski definition) is 4. The fourth-order valence-electron chi connectivity index (χ4n) is 2.39. The molecule has 1 aromatic rings. The van der Waals surface area contributed by atoms with Crippen molar-refractivity contribution in [3.05, 3.63) is 35.9 Å². The van der Waals surface area contributed by atoms with Crippen LogP contribution < -0.4 is 16.0 Å². The van der Waals surface area contributed by atoms with Crippen LogP contribution in [0.2, 0.25) is 0 Å². The molecule has 0 fully saturated rings. The Balaban J connectivity index is 2.73. The van der Waals surface area contributed by atoms with Crippen LogP contribution in [0.15, 0.2) is 35.3 Å². The molecule has 3 amide bonds. The average molecular weight is 495 g/mol. The third-order valence-corrected chi connectivity index (χ3v) is 3.74. The second-order valence-electron chi connectivity index (χ2n) is 9.38. The van der Waals surface area contributed by atoms with Gasteiger partial charge in [0.2, 0.25) is 5.96 Å². The molecular weight excluding hydrogens is 460 g/mol. The fraction of sp³-hybridized carbons (Fsp3) is 0.522. The summed E-state index contributed by atoms with van der Waals surface area (Å²) in [5.41, 5.74) is -0.886. The van der Waals surface area contributed by atoms with E-state index in [1.165, 1.54) is 0 Å². The van der Waals surface area contributed by atoms with Crippen LogP contribution in [0.3, 0.4) is 0 Å². The quantitative estimate of drug-likeness (QED) is 0.253. The summed E-state index contributed by atoms with van der Waals surface area (Å²) in [4.78, 5) is 51.4. The number of hydrogen-bond acceptors (Lipinski definition) is 7. The van der Waals surface area contributed by atoms with Gasteiger partial charge in [0.25, 0.3) is 0 Å². The Morgan fingerprint density at radius 2 is 1.54 bits per heavy atom. The highest BCUT2D eigenvalue weighted by molar-refractivity contribution is 5.98. The van der Waals surface area contributed by atoms with E-state index in [1.54, 1.807) is 65.8 Å². The third-order valence-electron chi connectivity index (χ3n) is 3.74. The summed E-state index contributed by atoms with van der Waals surface area (Å²) >= 11 is 0. The largest absolute Gasteiger partial charge is 0.480 e. The number of ether oxygens (including phenoxy) is 3. The smallest absolute Gasteiger partial charge is 0.437 e. The fourth-order valence-corrected chi connectivity index (χ4v) is 2.39. The van der Waals surface area contributed by atoms with Gasteiger partial charge in [-0.1, -0.05) is 30.3 Å². The summed E-state index contributed by atoms with van der Waals surface area (Å²) in [5.74, 6) is -1.60. The van der Waals surface area contributed by atoms with Gasteiger partial charge >= 0.3 is 24.2 Å². The lowest BCUT2D eigenvalue weighted by Crippen LogP contribution is -2.47. The van der Waals surface area contributed by atoms with Gasteiger partial charge in [0, 0.05) is 6.54 Å². The molecule has 0 bridgehead atoms. The Morgan fingerprint density at radius 1 is 0.943 bits per heavy atom. The molecule has 12 heteroatoms. The van der Waals surface area contributed by atoms with Gasteiger partial charge in [-0.05, 0) is 53.5 Å². The first-order valence-electron chi connectivity index (χ1n) is 10.9. The summed E-state index contributed by atoms with van der Waals surface area (Å²) < 4.78 is 15.3. The Kier molecular flexibility index (Phi) is 11.0. The molecule has 0 aliphatic carbocycles. The topological polar surface area (TPSA) is 165 Å². The SMILES string of the molecule is CC(C)(C)OC(=O)/N=C(\NCC[C@@H](NC(=O)OCc1ccccc1)C(=O)O)NC(=O)OC(C)(C)C. The molecule has 0 aromatic heterocycles. The maximum Gasteiger partial charge on any atom is 0.437 e. The molecule has 0 aliphatic heterocycles. The molecule has 0 spiro atoms. The van der Waals surface area contributed by atoms with Crippen molar-refractivity contribution in [3.8, 4) is 0 Å². The molecule has 1 aromatic carbocycles. The van der Waals surface area contributed by atoms with Crippen LogP contribution in [0.1, 0.15) is 53.5 Å². The van der Waals surface area contributed by atoms with E-state index in [0.717, 1.165) is 5.56 Å². The Labute approximate surface area is 204 Å². The summed E-state index contributed by atoms with van der Waals surface area (Å²) in [6.45, 7) is 9.80. The minimum atomic E-state index is -1.31. The number of benzene rings is 1. The van der Waals surface area contributed by atoms with Crippen LogP contribution in [0.25, 0.3) is 0 Å². The van der Waals surface area contributed by atoms with Crippen molar-refractivity contribution in [2.24, 2.45) is 4.99 Å². The third kappa shape index (κ3) is 14.1. The van der Waals surface area contributed by atoms with Gasteiger partial charge < -0.3 is 30.0 Å².